The Kier molecular flexibility index (Phi) is 4.29. The van der Waals surface area contributed by atoms with Gasteiger partial charge in [-0.25, -0.2) is 4.79 Å². The third kappa shape index (κ3) is 2.66. The van der Waals surface area contributed by atoms with Crippen molar-refractivity contribution in [1.82, 2.24) is 9.78 Å². The second-order valence-electron chi connectivity index (χ2n) is 5.31. The maximum absolute atomic E-state index is 12.1. The topological polar surface area (TPSA) is 66.5 Å². The van der Waals surface area contributed by atoms with E-state index in [4.69, 9.17) is 13.9 Å². The molecule has 2 aromatic rings. The summed E-state index contributed by atoms with van der Waals surface area (Å²) >= 11 is 0. The smallest absolute Gasteiger partial charge is 0.359 e. The maximum atomic E-state index is 12.1. The Hall–Kier alpha value is -2.08. The van der Waals surface area contributed by atoms with Crippen LogP contribution in [0, 0.1) is 6.92 Å². The highest BCUT2D eigenvalue weighted by molar-refractivity contribution is 5.90. The number of hydrogen-bond acceptors (Lipinski definition) is 5. The van der Waals surface area contributed by atoms with Gasteiger partial charge in [-0.1, -0.05) is 0 Å². The van der Waals surface area contributed by atoms with Gasteiger partial charge in [-0.15, -0.1) is 0 Å². The summed E-state index contributed by atoms with van der Waals surface area (Å²) in [5.74, 6) is 0.325. The zero-order chi connectivity index (χ0) is 15.5. The number of nitrogens with zero attached hydrogens (tertiary/aromatic N) is 2. The van der Waals surface area contributed by atoms with Crippen molar-refractivity contribution in [3.05, 3.63) is 29.7 Å². The summed E-state index contributed by atoms with van der Waals surface area (Å²) in [7, 11) is 0. The van der Waals surface area contributed by atoms with Crippen molar-refractivity contribution in [2.75, 3.05) is 19.8 Å². The lowest BCUT2D eigenvalue weighted by Crippen LogP contribution is -2.21. The van der Waals surface area contributed by atoms with E-state index in [0.717, 1.165) is 24.1 Å². The number of carbonyl (C=O) groups is 1. The van der Waals surface area contributed by atoms with Gasteiger partial charge >= 0.3 is 5.97 Å². The molecule has 0 N–H and O–H groups in total. The average molecular weight is 304 g/mol. The highest BCUT2D eigenvalue weighted by atomic mass is 16.5. The van der Waals surface area contributed by atoms with Gasteiger partial charge in [-0.05, 0) is 38.8 Å². The van der Waals surface area contributed by atoms with E-state index in [1.54, 1.807) is 13.2 Å². The predicted molar refractivity (Wildman–Crippen MR) is 79.7 cm³/mol. The Morgan fingerprint density at radius 2 is 2.23 bits per heavy atom. The number of aromatic nitrogens is 2. The van der Waals surface area contributed by atoms with E-state index >= 15 is 0 Å². The Bertz CT molecular complexity index is 639. The number of carbonyl (C=O) groups excluding carboxylic acids is 1. The molecule has 118 valence electrons. The lowest BCUT2D eigenvalue weighted by atomic mass is 10.1. The number of ether oxygens (including phenoxy) is 2. The van der Waals surface area contributed by atoms with Gasteiger partial charge in [0.05, 0.1) is 18.9 Å². The van der Waals surface area contributed by atoms with Crippen LogP contribution < -0.4 is 0 Å². The van der Waals surface area contributed by atoms with Crippen molar-refractivity contribution in [2.45, 2.75) is 32.7 Å². The molecule has 0 aromatic carbocycles. The van der Waals surface area contributed by atoms with Gasteiger partial charge < -0.3 is 13.9 Å². The summed E-state index contributed by atoms with van der Waals surface area (Å²) in [6.07, 6.45) is 3.37. The molecule has 0 atom stereocenters. The first-order valence-corrected chi connectivity index (χ1v) is 7.60. The first-order valence-electron chi connectivity index (χ1n) is 7.60. The molecule has 0 unspecified atom stereocenters. The van der Waals surface area contributed by atoms with Crippen LogP contribution in [0.15, 0.2) is 22.8 Å². The van der Waals surface area contributed by atoms with E-state index in [2.05, 4.69) is 5.10 Å². The van der Waals surface area contributed by atoms with Gasteiger partial charge in [0.15, 0.2) is 11.5 Å². The van der Waals surface area contributed by atoms with Crippen LogP contribution in [0.4, 0.5) is 0 Å². The molecule has 3 heterocycles. The minimum atomic E-state index is -0.390. The van der Waals surface area contributed by atoms with Crippen LogP contribution in [0.5, 0.6) is 0 Å². The monoisotopic (exact) mass is 304 g/mol. The molecular weight excluding hydrogens is 284 g/mol. The first-order chi connectivity index (χ1) is 10.7. The molecule has 0 bridgehead atoms. The molecule has 6 nitrogen and oxygen atoms in total. The molecule has 2 aromatic heterocycles. The highest BCUT2D eigenvalue weighted by Gasteiger charge is 2.28. The van der Waals surface area contributed by atoms with E-state index in [-0.39, 0.29) is 6.04 Å². The van der Waals surface area contributed by atoms with E-state index in [1.807, 2.05) is 23.7 Å². The molecule has 0 spiro atoms. The van der Waals surface area contributed by atoms with Gasteiger partial charge in [-0.3, -0.25) is 4.68 Å². The van der Waals surface area contributed by atoms with E-state index < -0.39 is 5.97 Å². The minimum Gasteiger partial charge on any atom is -0.463 e. The van der Waals surface area contributed by atoms with Crippen LogP contribution in [0.2, 0.25) is 0 Å². The third-order valence-corrected chi connectivity index (χ3v) is 3.91. The van der Waals surface area contributed by atoms with Crippen molar-refractivity contribution in [3.8, 4) is 11.5 Å². The highest BCUT2D eigenvalue weighted by Crippen LogP contribution is 2.32. The quantitative estimate of drug-likeness (QED) is 0.812. The van der Waals surface area contributed by atoms with Crippen molar-refractivity contribution >= 4 is 5.97 Å². The summed E-state index contributed by atoms with van der Waals surface area (Å²) < 4.78 is 18.0. The minimum absolute atomic E-state index is 0.204. The van der Waals surface area contributed by atoms with Gasteiger partial charge in [0.2, 0.25) is 0 Å². The average Bonchev–Trinajstić information content (AvgIpc) is 3.15. The Morgan fingerprint density at radius 3 is 2.86 bits per heavy atom. The van der Waals surface area contributed by atoms with Crippen LogP contribution in [0.3, 0.4) is 0 Å². The molecule has 3 rings (SSSR count). The van der Waals surface area contributed by atoms with Gasteiger partial charge in [0.1, 0.15) is 5.69 Å². The standard InChI is InChI=1S/C16H20N2O4/c1-3-21-16(19)14-11(2)15(13-5-4-8-22-13)18(17-14)12-6-9-20-10-7-12/h4-5,8,12H,3,6-7,9-10H2,1-2H3. The Labute approximate surface area is 129 Å². The second kappa shape index (κ2) is 6.36. The molecule has 1 fully saturated rings. The molecule has 6 heteroatoms. The van der Waals surface area contributed by atoms with Gasteiger partial charge in [0, 0.05) is 18.8 Å². The van der Waals surface area contributed by atoms with E-state index in [0.29, 0.717) is 31.3 Å². The molecule has 0 amide bonds. The molecule has 0 radical (unpaired) electrons. The summed E-state index contributed by atoms with van der Waals surface area (Å²) in [6, 6.07) is 3.92. The number of hydrogen-bond donors (Lipinski definition) is 0. The summed E-state index contributed by atoms with van der Waals surface area (Å²) in [5.41, 5.74) is 2.00. The molecular formula is C16H20N2O4. The first kappa shape index (κ1) is 14.8. The van der Waals surface area contributed by atoms with Crippen LogP contribution in [0.1, 0.15) is 41.9 Å². The summed E-state index contributed by atoms with van der Waals surface area (Å²) in [4.78, 5) is 12.1. The van der Waals surface area contributed by atoms with Crippen LogP contribution in [0.25, 0.3) is 11.5 Å². The molecule has 22 heavy (non-hydrogen) atoms. The lowest BCUT2D eigenvalue weighted by molar-refractivity contribution is 0.0512. The largest absolute Gasteiger partial charge is 0.463 e. The Morgan fingerprint density at radius 1 is 1.45 bits per heavy atom. The van der Waals surface area contributed by atoms with Crippen LogP contribution in [-0.2, 0) is 9.47 Å². The SMILES string of the molecule is CCOC(=O)c1nn(C2CCOCC2)c(-c2ccco2)c1C. The zero-order valence-corrected chi connectivity index (χ0v) is 12.9. The fraction of sp³-hybridized carbons (Fsp3) is 0.500. The fourth-order valence-electron chi connectivity index (χ4n) is 2.82. The molecule has 1 aliphatic rings. The summed E-state index contributed by atoms with van der Waals surface area (Å²) in [6.45, 7) is 5.41. The Balaban J connectivity index is 2.06. The summed E-state index contributed by atoms with van der Waals surface area (Å²) in [5, 5.41) is 4.53. The molecule has 1 saturated heterocycles. The van der Waals surface area contributed by atoms with Crippen molar-refractivity contribution in [2.24, 2.45) is 0 Å². The van der Waals surface area contributed by atoms with Crippen molar-refractivity contribution in [1.29, 1.82) is 0 Å². The predicted octanol–water partition coefficient (Wildman–Crippen LogP) is 2.98. The van der Waals surface area contributed by atoms with Crippen LogP contribution in [-0.4, -0.2) is 35.6 Å². The zero-order valence-electron chi connectivity index (χ0n) is 12.9. The lowest BCUT2D eigenvalue weighted by Gasteiger charge is -2.23. The number of furan rings is 1. The van der Waals surface area contributed by atoms with E-state index in [1.165, 1.54) is 0 Å². The third-order valence-electron chi connectivity index (χ3n) is 3.91. The van der Waals surface area contributed by atoms with Crippen molar-refractivity contribution < 1.29 is 18.7 Å². The normalized spacial score (nSPS) is 15.9. The number of rotatable bonds is 4. The molecule has 0 saturated carbocycles. The number of esters is 1. The second-order valence-corrected chi connectivity index (χ2v) is 5.31. The van der Waals surface area contributed by atoms with Crippen molar-refractivity contribution in [3.63, 3.8) is 0 Å². The maximum Gasteiger partial charge on any atom is 0.359 e. The molecule has 1 aliphatic heterocycles. The van der Waals surface area contributed by atoms with E-state index in [9.17, 15) is 4.79 Å². The molecule has 0 aliphatic carbocycles. The van der Waals surface area contributed by atoms with Gasteiger partial charge in [-0.2, -0.15) is 5.10 Å². The van der Waals surface area contributed by atoms with Gasteiger partial charge in [0.25, 0.3) is 0 Å². The fourth-order valence-corrected chi connectivity index (χ4v) is 2.82. The van der Waals surface area contributed by atoms with Crippen LogP contribution >= 0.6 is 0 Å².